The molecule has 0 saturated heterocycles. The summed E-state index contributed by atoms with van der Waals surface area (Å²) in [5.41, 5.74) is 3.54. The third-order valence-corrected chi connectivity index (χ3v) is 2.95. The van der Waals surface area contributed by atoms with E-state index in [1.165, 1.54) is 0 Å². The Kier molecular flexibility index (Phi) is 3.85. The number of nitrogens with one attached hydrogen (secondary N) is 1. The Labute approximate surface area is 113 Å². The number of aryl methyl sites for hydroxylation is 2. The number of carbonyl (C=O) groups is 1. The van der Waals surface area contributed by atoms with Crippen molar-refractivity contribution in [3.05, 3.63) is 59.2 Å². The van der Waals surface area contributed by atoms with E-state index in [0.29, 0.717) is 5.56 Å². The number of hydrogen-bond donors (Lipinski definition) is 1. The summed E-state index contributed by atoms with van der Waals surface area (Å²) in [6.45, 7) is 3.95. The van der Waals surface area contributed by atoms with Crippen molar-refractivity contribution >= 4 is 11.6 Å². The zero-order chi connectivity index (χ0) is 13.8. The van der Waals surface area contributed by atoms with E-state index < -0.39 is 0 Å². The average molecular weight is 255 g/mol. The van der Waals surface area contributed by atoms with Crippen molar-refractivity contribution in [2.24, 2.45) is 0 Å². The molecule has 0 bridgehead atoms. The summed E-state index contributed by atoms with van der Waals surface area (Å²) >= 11 is 0. The third-order valence-electron chi connectivity index (χ3n) is 2.95. The summed E-state index contributed by atoms with van der Waals surface area (Å²) in [5, 5.41) is 2.87. The second-order valence-electron chi connectivity index (χ2n) is 4.50. The summed E-state index contributed by atoms with van der Waals surface area (Å²) in [6, 6.07) is 13.1. The molecule has 0 aliphatic carbocycles. The molecule has 1 N–H and O–H groups in total. The van der Waals surface area contributed by atoms with Gasteiger partial charge >= 0.3 is 0 Å². The van der Waals surface area contributed by atoms with Gasteiger partial charge in [0.25, 0.3) is 5.91 Å². The Hall–Kier alpha value is -2.29. The predicted octanol–water partition coefficient (Wildman–Crippen LogP) is 3.56. The van der Waals surface area contributed by atoms with Gasteiger partial charge in [-0.3, -0.25) is 4.79 Å². The molecule has 0 aliphatic rings. The first-order chi connectivity index (χ1) is 9.10. The van der Waals surface area contributed by atoms with Crippen molar-refractivity contribution in [3.63, 3.8) is 0 Å². The predicted molar refractivity (Wildman–Crippen MR) is 76.9 cm³/mol. The van der Waals surface area contributed by atoms with Crippen LogP contribution < -0.4 is 10.1 Å². The van der Waals surface area contributed by atoms with Gasteiger partial charge in [0.05, 0.1) is 7.11 Å². The van der Waals surface area contributed by atoms with Crippen LogP contribution in [0.5, 0.6) is 5.75 Å². The van der Waals surface area contributed by atoms with Crippen LogP contribution >= 0.6 is 0 Å². The van der Waals surface area contributed by atoms with Gasteiger partial charge in [0, 0.05) is 17.3 Å². The summed E-state index contributed by atoms with van der Waals surface area (Å²) in [4.78, 5) is 12.2. The molecule has 1 amide bonds. The summed E-state index contributed by atoms with van der Waals surface area (Å²) in [5.74, 6) is 0.615. The highest BCUT2D eigenvalue weighted by molar-refractivity contribution is 6.05. The molecule has 0 heterocycles. The van der Waals surface area contributed by atoms with Gasteiger partial charge in [0.15, 0.2) is 0 Å². The molecule has 3 heteroatoms. The lowest BCUT2D eigenvalue weighted by Gasteiger charge is -2.09. The lowest BCUT2D eigenvalue weighted by molar-refractivity contribution is 0.102. The van der Waals surface area contributed by atoms with E-state index >= 15 is 0 Å². The molecule has 0 spiro atoms. The van der Waals surface area contributed by atoms with Crippen molar-refractivity contribution in [2.75, 3.05) is 12.4 Å². The lowest BCUT2D eigenvalue weighted by atomic mass is 10.1. The Morgan fingerprint density at radius 1 is 1.11 bits per heavy atom. The van der Waals surface area contributed by atoms with Crippen LogP contribution in [0.15, 0.2) is 42.5 Å². The van der Waals surface area contributed by atoms with Gasteiger partial charge in [-0.1, -0.05) is 23.8 Å². The van der Waals surface area contributed by atoms with Crippen LogP contribution in [0.25, 0.3) is 0 Å². The Morgan fingerprint density at radius 3 is 2.58 bits per heavy atom. The minimum absolute atomic E-state index is 0.106. The van der Waals surface area contributed by atoms with Crippen molar-refractivity contribution in [3.8, 4) is 5.75 Å². The molecule has 2 aromatic rings. The maximum absolute atomic E-state index is 12.2. The second-order valence-corrected chi connectivity index (χ2v) is 4.50. The summed E-state index contributed by atoms with van der Waals surface area (Å²) in [7, 11) is 1.60. The monoisotopic (exact) mass is 255 g/mol. The van der Waals surface area contributed by atoms with Gasteiger partial charge in [-0.25, -0.2) is 0 Å². The van der Waals surface area contributed by atoms with E-state index in [4.69, 9.17) is 4.74 Å². The van der Waals surface area contributed by atoms with E-state index in [1.54, 1.807) is 13.2 Å². The maximum Gasteiger partial charge on any atom is 0.255 e. The molecule has 0 unspecified atom stereocenters. The zero-order valence-corrected chi connectivity index (χ0v) is 11.4. The number of rotatable bonds is 3. The molecule has 19 heavy (non-hydrogen) atoms. The Balaban J connectivity index is 2.20. The minimum Gasteiger partial charge on any atom is -0.497 e. The van der Waals surface area contributed by atoms with E-state index in [2.05, 4.69) is 5.32 Å². The number of carbonyl (C=O) groups excluding carboxylic acids is 1. The lowest BCUT2D eigenvalue weighted by Crippen LogP contribution is -2.13. The smallest absolute Gasteiger partial charge is 0.255 e. The van der Waals surface area contributed by atoms with Crippen LogP contribution in [-0.4, -0.2) is 13.0 Å². The van der Waals surface area contributed by atoms with Gasteiger partial charge < -0.3 is 10.1 Å². The normalized spacial score (nSPS) is 10.1. The van der Waals surface area contributed by atoms with Crippen LogP contribution in [0.2, 0.25) is 0 Å². The van der Waals surface area contributed by atoms with Gasteiger partial charge in [0.2, 0.25) is 0 Å². The van der Waals surface area contributed by atoms with Crippen molar-refractivity contribution in [2.45, 2.75) is 13.8 Å². The number of benzene rings is 2. The van der Waals surface area contributed by atoms with E-state index in [9.17, 15) is 4.79 Å². The minimum atomic E-state index is -0.106. The first-order valence-electron chi connectivity index (χ1n) is 6.13. The molecule has 2 aromatic carbocycles. The quantitative estimate of drug-likeness (QED) is 0.910. The fraction of sp³-hybridized carbons (Fsp3) is 0.188. The Morgan fingerprint density at radius 2 is 1.89 bits per heavy atom. The molecule has 0 fully saturated rings. The highest BCUT2D eigenvalue weighted by Crippen LogP contribution is 2.18. The number of anilines is 1. The molecule has 0 radical (unpaired) electrons. The highest BCUT2D eigenvalue weighted by Gasteiger charge is 2.09. The standard InChI is InChI=1S/C16H17NO2/c1-11-7-8-15(12(2)9-11)16(18)17-13-5-4-6-14(10-13)19-3/h4-10H,1-3H3,(H,17,18). The van der Waals surface area contributed by atoms with Crippen LogP contribution in [-0.2, 0) is 0 Å². The number of ether oxygens (including phenoxy) is 1. The van der Waals surface area contributed by atoms with Crippen LogP contribution in [0.1, 0.15) is 21.5 Å². The van der Waals surface area contributed by atoms with Crippen LogP contribution in [0, 0.1) is 13.8 Å². The van der Waals surface area contributed by atoms with Crippen molar-refractivity contribution in [1.29, 1.82) is 0 Å². The van der Waals surface area contributed by atoms with E-state index in [1.807, 2.05) is 50.2 Å². The fourth-order valence-electron chi connectivity index (χ4n) is 1.97. The third kappa shape index (κ3) is 3.13. The summed E-state index contributed by atoms with van der Waals surface area (Å²) < 4.78 is 5.13. The molecule has 0 atom stereocenters. The van der Waals surface area contributed by atoms with Crippen LogP contribution in [0.4, 0.5) is 5.69 Å². The fourth-order valence-corrected chi connectivity index (χ4v) is 1.97. The highest BCUT2D eigenvalue weighted by atomic mass is 16.5. The SMILES string of the molecule is COc1cccc(NC(=O)c2ccc(C)cc2C)c1. The van der Waals surface area contributed by atoms with Gasteiger partial charge in [-0.05, 0) is 37.6 Å². The van der Waals surface area contributed by atoms with Gasteiger partial charge in [-0.2, -0.15) is 0 Å². The molecule has 3 nitrogen and oxygen atoms in total. The zero-order valence-electron chi connectivity index (χ0n) is 11.4. The second kappa shape index (κ2) is 5.57. The molecule has 0 saturated carbocycles. The Bertz CT molecular complexity index is 605. The molecule has 0 aliphatic heterocycles. The topological polar surface area (TPSA) is 38.3 Å². The van der Waals surface area contributed by atoms with Gasteiger partial charge in [0.1, 0.15) is 5.75 Å². The van der Waals surface area contributed by atoms with Gasteiger partial charge in [-0.15, -0.1) is 0 Å². The molecule has 98 valence electrons. The first kappa shape index (κ1) is 13.1. The molecule has 0 aromatic heterocycles. The number of hydrogen-bond acceptors (Lipinski definition) is 2. The van der Waals surface area contributed by atoms with E-state index in [0.717, 1.165) is 22.6 Å². The van der Waals surface area contributed by atoms with Crippen molar-refractivity contribution < 1.29 is 9.53 Å². The number of methoxy groups -OCH3 is 1. The average Bonchev–Trinajstić information content (AvgIpc) is 2.38. The maximum atomic E-state index is 12.2. The molecule has 2 rings (SSSR count). The summed E-state index contributed by atoms with van der Waals surface area (Å²) in [6.07, 6.45) is 0. The number of amides is 1. The van der Waals surface area contributed by atoms with E-state index in [-0.39, 0.29) is 5.91 Å². The molecular formula is C16H17NO2. The van der Waals surface area contributed by atoms with Crippen LogP contribution in [0.3, 0.4) is 0 Å². The first-order valence-corrected chi connectivity index (χ1v) is 6.13. The largest absolute Gasteiger partial charge is 0.497 e. The molecular weight excluding hydrogens is 238 g/mol. The van der Waals surface area contributed by atoms with Crippen molar-refractivity contribution in [1.82, 2.24) is 0 Å².